The van der Waals surface area contributed by atoms with Gasteiger partial charge in [0.2, 0.25) is 5.28 Å². The van der Waals surface area contributed by atoms with Gasteiger partial charge in [0.1, 0.15) is 11.4 Å². The lowest BCUT2D eigenvalue weighted by Crippen LogP contribution is -2.32. The van der Waals surface area contributed by atoms with E-state index in [-0.39, 0.29) is 29.7 Å². The van der Waals surface area contributed by atoms with Crippen molar-refractivity contribution in [3.05, 3.63) is 183 Å². The van der Waals surface area contributed by atoms with Gasteiger partial charge in [-0.15, -0.1) is 0 Å². The molecule has 7 rings (SSSR count). The first kappa shape index (κ1) is 32.9. The maximum absolute atomic E-state index is 13.7. The van der Waals surface area contributed by atoms with E-state index in [4.69, 9.17) is 21.1 Å². The molecule has 0 fully saturated rings. The normalized spacial score (nSPS) is 11.7. The molecule has 50 heavy (non-hydrogen) atoms. The third kappa shape index (κ3) is 6.41. The molecule has 0 atom stereocenters. The Balaban J connectivity index is 1.30. The molecule has 0 radical (unpaired) electrons. The molecule has 7 aromatic rings. The second-order valence-corrected chi connectivity index (χ2v) is 12.1. The lowest BCUT2D eigenvalue weighted by atomic mass is 9.80. The van der Waals surface area contributed by atoms with Gasteiger partial charge in [-0.25, -0.2) is 9.97 Å². The van der Waals surface area contributed by atoms with Crippen LogP contribution in [0.1, 0.15) is 27.8 Å². The molecule has 0 bridgehead atoms. The van der Waals surface area contributed by atoms with Crippen molar-refractivity contribution >= 4 is 22.5 Å². The van der Waals surface area contributed by atoms with Crippen LogP contribution in [0, 0.1) is 0 Å². The zero-order valence-corrected chi connectivity index (χ0v) is 27.7. The first-order chi connectivity index (χ1) is 24.3. The molecule has 5 aromatic carbocycles. The van der Waals surface area contributed by atoms with Gasteiger partial charge in [-0.05, 0) is 63.7 Å². The molecule has 0 aliphatic heterocycles. The Morgan fingerprint density at radius 3 is 1.90 bits per heavy atom. The number of nitrogens with zero attached hydrogens (tertiary/aromatic N) is 4. The fourth-order valence-corrected chi connectivity index (χ4v) is 6.48. The van der Waals surface area contributed by atoms with Crippen LogP contribution in [0.4, 0.5) is 8.78 Å². The van der Waals surface area contributed by atoms with E-state index in [0.717, 1.165) is 27.8 Å². The lowest BCUT2D eigenvalue weighted by Gasteiger charge is -2.36. The Labute approximate surface area is 292 Å². The van der Waals surface area contributed by atoms with Gasteiger partial charge in [0, 0.05) is 30.6 Å². The fourth-order valence-electron chi connectivity index (χ4n) is 6.38. The van der Waals surface area contributed by atoms with Crippen LogP contribution in [0.15, 0.2) is 145 Å². The van der Waals surface area contributed by atoms with E-state index in [2.05, 4.69) is 9.97 Å². The van der Waals surface area contributed by atoms with E-state index < -0.39 is 12.2 Å². The number of halogens is 3. The molecular weight excluding hydrogens is 658 g/mol. The standard InChI is InChI=1S/C40H31ClF2N4O3/c1-46-37(48)34-19-18-28(30-23-44-38(41)45-24-30)22-35(34)47(46)25-29-21-27(17-20-36(29)50-39(42)43)26-49-40(31-11-5-2-6-12-31,32-13-7-3-8-14-32)33-15-9-4-10-16-33/h2-24,39H,25-26H2,1H3. The summed E-state index contributed by atoms with van der Waals surface area (Å²) in [7, 11) is 1.64. The Morgan fingerprint density at radius 2 is 1.34 bits per heavy atom. The van der Waals surface area contributed by atoms with Crippen LogP contribution < -0.4 is 10.3 Å². The fraction of sp³-hybridized carbons (Fsp3) is 0.125. The van der Waals surface area contributed by atoms with E-state index in [1.165, 1.54) is 10.7 Å². The molecule has 10 heteroatoms. The number of alkyl halides is 2. The Kier molecular flexibility index (Phi) is 9.25. The van der Waals surface area contributed by atoms with E-state index >= 15 is 0 Å². The smallest absolute Gasteiger partial charge is 0.387 e. The van der Waals surface area contributed by atoms with Crippen LogP contribution >= 0.6 is 11.6 Å². The third-order valence-electron chi connectivity index (χ3n) is 8.77. The Morgan fingerprint density at radius 1 is 0.760 bits per heavy atom. The van der Waals surface area contributed by atoms with Crippen LogP contribution in [0.25, 0.3) is 22.0 Å². The Bertz CT molecular complexity index is 2200. The van der Waals surface area contributed by atoms with Gasteiger partial charge in [-0.3, -0.25) is 14.2 Å². The molecule has 0 saturated carbocycles. The summed E-state index contributed by atoms with van der Waals surface area (Å²) >= 11 is 5.89. The molecule has 0 N–H and O–H groups in total. The Hall–Kier alpha value is -5.64. The first-order valence-electron chi connectivity index (χ1n) is 15.9. The van der Waals surface area contributed by atoms with E-state index in [0.29, 0.717) is 22.0 Å². The number of aromatic nitrogens is 4. The van der Waals surface area contributed by atoms with Crippen molar-refractivity contribution < 1.29 is 18.3 Å². The molecular formula is C40H31ClF2N4O3. The average molecular weight is 689 g/mol. The summed E-state index contributed by atoms with van der Waals surface area (Å²) in [5, 5.41) is 0.593. The van der Waals surface area contributed by atoms with E-state index in [1.54, 1.807) is 42.3 Å². The van der Waals surface area contributed by atoms with Gasteiger partial charge in [0.25, 0.3) is 5.56 Å². The first-order valence-corrected chi connectivity index (χ1v) is 16.3. The highest BCUT2D eigenvalue weighted by Gasteiger charge is 2.37. The molecule has 7 nitrogen and oxygen atoms in total. The van der Waals surface area contributed by atoms with Gasteiger partial charge < -0.3 is 9.47 Å². The quantitative estimate of drug-likeness (QED) is 0.101. The number of hydrogen-bond donors (Lipinski definition) is 0. The van der Waals surface area contributed by atoms with Crippen molar-refractivity contribution in [1.29, 1.82) is 0 Å². The lowest BCUT2D eigenvalue weighted by molar-refractivity contribution is -0.0505. The highest BCUT2D eigenvalue weighted by atomic mass is 35.5. The van der Waals surface area contributed by atoms with E-state index in [1.807, 2.05) is 103 Å². The second kappa shape index (κ2) is 14.1. The molecule has 2 heterocycles. The van der Waals surface area contributed by atoms with Crippen LogP contribution in [-0.2, 0) is 30.5 Å². The van der Waals surface area contributed by atoms with Crippen LogP contribution in [0.3, 0.4) is 0 Å². The minimum absolute atomic E-state index is 0.000691. The van der Waals surface area contributed by atoms with E-state index in [9.17, 15) is 13.6 Å². The number of ether oxygens (including phenoxy) is 2. The molecule has 0 aliphatic rings. The van der Waals surface area contributed by atoms with Crippen molar-refractivity contribution in [2.24, 2.45) is 7.05 Å². The number of rotatable bonds is 11. The third-order valence-corrected chi connectivity index (χ3v) is 8.97. The van der Waals surface area contributed by atoms with Gasteiger partial charge >= 0.3 is 6.61 Å². The SMILES string of the molecule is Cn1c(=O)c2ccc(-c3cnc(Cl)nc3)cc2n1Cc1cc(COC(c2ccccc2)(c2ccccc2)c2ccccc2)ccc1OC(F)F. The summed E-state index contributed by atoms with van der Waals surface area (Å²) in [6, 6.07) is 40.4. The highest BCUT2D eigenvalue weighted by Crippen LogP contribution is 2.41. The van der Waals surface area contributed by atoms with Gasteiger partial charge in [-0.2, -0.15) is 8.78 Å². The summed E-state index contributed by atoms with van der Waals surface area (Å²) in [6.07, 6.45) is 3.20. The summed E-state index contributed by atoms with van der Waals surface area (Å²) in [4.78, 5) is 21.4. The molecule has 0 saturated heterocycles. The predicted molar refractivity (Wildman–Crippen MR) is 189 cm³/mol. The molecule has 0 aliphatic carbocycles. The van der Waals surface area contributed by atoms with Crippen LogP contribution in [0.5, 0.6) is 5.75 Å². The molecule has 0 amide bonds. The number of fused-ring (bicyclic) bond motifs is 1. The number of hydrogen-bond acceptors (Lipinski definition) is 5. The largest absolute Gasteiger partial charge is 0.434 e. The van der Waals surface area contributed by atoms with Crippen molar-refractivity contribution in [2.75, 3.05) is 0 Å². The molecule has 0 unspecified atom stereocenters. The minimum atomic E-state index is -3.04. The van der Waals surface area contributed by atoms with Crippen molar-refractivity contribution in [3.8, 4) is 16.9 Å². The second-order valence-electron chi connectivity index (χ2n) is 11.7. The minimum Gasteiger partial charge on any atom is -0.434 e. The molecule has 250 valence electrons. The molecule has 0 spiro atoms. The van der Waals surface area contributed by atoms with Crippen LogP contribution in [0.2, 0.25) is 5.28 Å². The topological polar surface area (TPSA) is 71.2 Å². The van der Waals surface area contributed by atoms with Crippen molar-refractivity contribution in [2.45, 2.75) is 25.4 Å². The summed E-state index contributed by atoms with van der Waals surface area (Å²) < 4.78 is 42.5. The zero-order chi connectivity index (χ0) is 34.7. The number of benzene rings is 5. The van der Waals surface area contributed by atoms with Gasteiger partial charge in [0.15, 0.2) is 0 Å². The maximum atomic E-state index is 13.7. The van der Waals surface area contributed by atoms with Crippen LogP contribution in [-0.4, -0.2) is 25.9 Å². The van der Waals surface area contributed by atoms with Gasteiger partial charge in [-0.1, -0.05) is 103 Å². The monoisotopic (exact) mass is 688 g/mol. The molecule has 2 aromatic heterocycles. The highest BCUT2D eigenvalue weighted by molar-refractivity contribution is 6.28. The summed E-state index contributed by atoms with van der Waals surface area (Å²) in [5.74, 6) is 0.000691. The van der Waals surface area contributed by atoms with Crippen molar-refractivity contribution in [1.82, 2.24) is 19.3 Å². The average Bonchev–Trinajstić information content (AvgIpc) is 3.38. The van der Waals surface area contributed by atoms with Crippen molar-refractivity contribution in [3.63, 3.8) is 0 Å². The zero-order valence-electron chi connectivity index (χ0n) is 26.9. The predicted octanol–water partition coefficient (Wildman–Crippen LogP) is 8.61. The van der Waals surface area contributed by atoms with Gasteiger partial charge in [0.05, 0.1) is 24.1 Å². The maximum Gasteiger partial charge on any atom is 0.387 e. The summed E-state index contributed by atoms with van der Waals surface area (Å²) in [5.41, 5.74) is 4.85. The summed E-state index contributed by atoms with van der Waals surface area (Å²) in [6.45, 7) is -2.85.